The predicted octanol–water partition coefficient (Wildman–Crippen LogP) is 4.74. The molecule has 112 valence electrons. The van der Waals surface area contributed by atoms with Crippen molar-refractivity contribution in [3.8, 4) is 16.9 Å². The second-order valence-electron chi connectivity index (χ2n) is 5.16. The van der Waals surface area contributed by atoms with Gasteiger partial charge in [0, 0.05) is 6.07 Å². The molecule has 1 heterocycles. The monoisotopic (exact) mass is 314 g/mol. The lowest BCUT2D eigenvalue weighted by molar-refractivity contribution is 0.414. The standard InChI is InChI=1S/C18H15ClO3/c1-10-6-4-5-7-13(10)16-11(2)22-15-9-12(21-3)8-14(19)17(15)18(16)20/h4-9H,1-3H3. The van der Waals surface area contributed by atoms with Crippen molar-refractivity contribution in [1.82, 2.24) is 0 Å². The van der Waals surface area contributed by atoms with E-state index in [0.29, 0.717) is 33.1 Å². The van der Waals surface area contributed by atoms with Crippen LogP contribution >= 0.6 is 11.6 Å². The third-order valence-electron chi connectivity index (χ3n) is 3.75. The number of aryl methyl sites for hydroxylation is 2. The average Bonchev–Trinajstić information content (AvgIpc) is 2.48. The highest BCUT2D eigenvalue weighted by Gasteiger charge is 2.17. The van der Waals surface area contributed by atoms with Crippen LogP contribution in [0.5, 0.6) is 5.75 Å². The Morgan fingerprint density at radius 1 is 1.14 bits per heavy atom. The van der Waals surface area contributed by atoms with Crippen molar-refractivity contribution in [2.45, 2.75) is 13.8 Å². The van der Waals surface area contributed by atoms with Crippen molar-refractivity contribution in [1.29, 1.82) is 0 Å². The Morgan fingerprint density at radius 2 is 1.86 bits per heavy atom. The molecule has 2 aromatic carbocycles. The molecular weight excluding hydrogens is 300 g/mol. The van der Waals surface area contributed by atoms with Gasteiger partial charge < -0.3 is 9.15 Å². The first-order valence-electron chi connectivity index (χ1n) is 6.90. The summed E-state index contributed by atoms with van der Waals surface area (Å²) in [6, 6.07) is 11.0. The van der Waals surface area contributed by atoms with Gasteiger partial charge in [-0.15, -0.1) is 0 Å². The van der Waals surface area contributed by atoms with Crippen LogP contribution in [0.2, 0.25) is 5.02 Å². The van der Waals surface area contributed by atoms with E-state index >= 15 is 0 Å². The van der Waals surface area contributed by atoms with Gasteiger partial charge in [-0.3, -0.25) is 4.79 Å². The van der Waals surface area contributed by atoms with Crippen LogP contribution < -0.4 is 10.2 Å². The topological polar surface area (TPSA) is 39.4 Å². The van der Waals surface area contributed by atoms with E-state index in [4.69, 9.17) is 20.8 Å². The summed E-state index contributed by atoms with van der Waals surface area (Å²) in [7, 11) is 1.55. The van der Waals surface area contributed by atoms with Crippen molar-refractivity contribution in [3.63, 3.8) is 0 Å². The maximum absolute atomic E-state index is 12.9. The normalized spacial score (nSPS) is 10.9. The molecule has 0 aliphatic carbocycles. The molecule has 0 aliphatic heterocycles. The third kappa shape index (κ3) is 2.28. The fraction of sp³-hybridized carbons (Fsp3) is 0.167. The van der Waals surface area contributed by atoms with Gasteiger partial charge in [0.25, 0.3) is 0 Å². The lowest BCUT2D eigenvalue weighted by Crippen LogP contribution is -2.09. The summed E-state index contributed by atoms with van der Waals surface area (Å²) >= 11 is 6.26. The number of methoxy groups -OCH3 is 1. The Kier molecular flexibility index (Phi) is 3.67. The summed E-state index contributed by atoms with van der Waals surface area (Å²) in [5, 5.41) is 0.712. The SMILES string of the molecule is COc1cc(Cl)c2c(=O)c(-c3ccccc3C)c(C)oc2c1. The number of benzene rings is 2. The van der Waals surface area contributed by atoms with Crippen molar-refractivity contribution in [2.24, 2.45) is 0 Å². The molecule has 0 aliphatic rings. The fourth-order valence-electron chi connectivity index (χ4n) is 2.64. The third-order valence-corrected chi connectivity index (χ3v) is 4.04. The molecule has 22 heavy (non-hydrogen) atoms. The summed E-state index contributed by atoms with van der Waals surface area (Å²) < 4.78 is 11.0. The van der Waals surface area contributed by atoms with E-state index in [1.165, 1.54) is 0 Å². The molecule has 4 heteroatoms. The molecule has 3 nitrogen and oxygen atoms in total. The molecule has 0 amide bonds. The minimum absolute atomic E-state index is 0.124. The molecule has 0 N–H and O–H groups in total. The zero-order chi connectivity index (χ0) is 15.9. The summed E-state index contributed by atoms with van der Waals surface area (Å²) in [6.45, 7) is 3.75. The Labute approximate surface area is 133 Å². The number of fused-ring (bicyclic) bond motifs is 1. The molecule has 0 fully saturated rings. The number of halogens is 1. The largest absolute Gasteiger partial charge is 0.497 e. The summed E-state index contributed by atoms with van der Waals surface area (Å²) in [6.07, 6.45) is 0. The van der Waals surface area contributed by atoms with Crippen LogP contribution in [0, 0.1) is 13.8 Å². The minimum atomic E-state index is -0.124. The molecule has 0 atom stereocenters. The Balaban J connectivity index is 2.42. The number of ether oxygens (including phenoxy) is 1. The van der Waals surface area contributed by atoms with Crippen LogP contribution in [0.1, 0.15) is 11.3 Å². The van der Waals surface area contributed by atoms with Crippen LogP contribution in [0.3, 0.4) is 0 Å². The van der Waals surface area contributed by atoms with Crippen LogP contribution in [0.15, 0.2) is 45.6 Å². The van der Waals surface area contributed by atoms with Crippen molar-refractivity contribution in [2.75, 3.05) is 7.11 Å². The first-order chi connectivity index (χ1) is 10.5. The first-order valence-corrected chi connectivity index (χ1v) is 7.27. The quantitative estimate of drug-likeness (QED) is 0.686. The van der Waals surface area contributed by atoms with Gasteiger partial charge in [0.2, 0.25) is 5.43 Å². The molecule has 0 saturated carbocycles. The maximum Gasteiger partial charge on any atom is 0.202 e. The van der Waals surface area contributed by atoms with Gasteiger partial charge in [0.05, 0.1) is 23.1 Å². The lowest BCUT2D eigenvalue weighted by atomic mass is 9.98. The zero-order valence-corrected chi connectivity index (χ0v) is 13.3. The minimum Gasteiger partial charge on any atom is -0.497 e. The van der Waals surface area contributed by atoms with E-state index in [1.807, 2.05) is 31.2 Å². The van der Waals surface area contributed by atoms with E-state index in [9.17, 15) is 4.79 Å². The molecule has 3 aromatic rings. The Bertz CT molecular complexity index is 925. The van der Waals surface area contributed by atoms with E-state index in [1.54, 1.807) is 26.2 Å². The van der Waals surface area contributed by atoms with Crippen LogP contribution in [0.4, 0.5) is 0 Å². The first kappa shape index (κ1) is 14.7. The second kappa shape index (κ2) is 5.50. The van der Waals surface area contributed by atoms with E-state index in [-0.39, 0.29) is 5.43 Å². The van der Waals surface area contributed by atoms with Crippen molar-refractivity contribution < 1.29 is 9.15 Å². The molecule has 0 spiro atoms. The molecule has 3 rings (SSSR count). The molecule has 0 bridgehead atoms. The van der Waals surface area contributed by atoms with Gasteiger partial charge in [0.15, 0.2) is 0 Å². The highest BCUT2D eigenvalue weighted by Crippen LogP contribution is 2.32. The molecular formula is C18H15ClO3. The highest BCUT2D eigenvalue weighted by atomic mass is 35.5. The van der Waals surface area contributed by atoms with Gasteiger partial charge in [-0.2, -0.15) is 0 Å². The Morgan fingerprint density at radius 3 is 2.55 bits per heavy atom. The van der Waals surface area contributed by atoms with Gasteiger partial charge in [-0.1, -0.05) is 35.9 Å². The summed E-state index contributed by atoms with van der Waals surface area (Å²) in [5.74, 6) is 1.12. The van der Waals surface area contributed by atoms with Crippen LogP contribution in [0.25, 0.3) is 22.1 Å². The number of hydrogen-bond donors (Lipinski definition) is 0. The predicted molar refractivity (Wildman–Crippen MR) is 89.0 cm³/mol. The zero-order valence-electron chi connectivity index (χ0n) is 12.6. The second-order valence-corrected chi connectivity index (χ2v) is 5.57. The molecule has 0 radical (unpaired) electrons. The molecule has 1 aromatic heterocycles. The number of hydrogen-bond acceptors (Lipinski definition) is 3. The maximum atomic E-state index is 12.9. The highest BCUT2D eigenvalue weighted by molar-refractivity contribution is 6.35. The van der Waals surface area contributed by atoms with E-state index in [2.05, 4.69) is 0 Å². The fourth-order valence-corrected chi connectivity index (χ4v) is 2.93. The van der Waals surface area contributed by atoms with Crippen molar-refractivity contribution in [3.05, 3.63) is 63.0 Å². The van der Waals surface area contributed by atoms with E-state index in [0.717, 1.165) is 11.1 Å². The summed E-state index contributed by atoms with van der Waals surface area (Å²) in [4.78, 5) is 12.9. The van der Waals surface area contributed by atoms with Crippen LogP contribution in [-0.4, -0.2) is 7.11 Å². The van der Waals surface area contributed by atoms with Gasteiger partial charge in [-0.25, -0.2) is 0 Å². The summed E-state index contributed by atoms with van der Waals surface area (Å²) in [5.41, 5.74) is 2.74. The van der Waals surface area contributed by atoms with Crippen LogP contribution in [-0.2, 0) is 0 Å². The van der Waals surface area contributed by atoms with Crippen molar-refractivity contribution >= 4 is 22.6 Å². The smallest absolute Gasteiger partial charge is 0.202 e. The van der Waals surface area contributed by atoms with Gasteiger partial charge in [-0.05, 0) is 31.0 Å². The van der Waals surface area contributed by atoms with E-state index < -0.39 is 0 Å². The molecule has 0 saturated heterocycles. The Hall–Kier alpha value is -2.26. The van der Waals surface area contributed by atoms with Gasteiger partial charge in [0.1, 0.15) is 17.1 Å². The number of rotatable bonds is 2. The molecule has 0 unspecified atom stereocenters. The average molecular weight is 315 g/mol. The van der Waals surface area contributed by atoms with Gasteiger partial charge >= 0.3 is 0 Å². The lowest BCUT2D eigenvalue weighted by Gasteiger charge is -2.11.